The molecule has 1 aliphatic heterocycles. The van der Waals surface area contributed by atoms with Crippen molar-refractivity contribution in [1.29, 1.82) is 0 Å². The Labute approximate surface area is 506 Å². The highest BCUT2D eigenvalue weighted by atomic mass is 16.7. The van der Waals surface area contributed by atoms with Gasteiger partial charge in [0.2, 0.25) is 0 Å². The summed E-state index contributed by atoms with van der Waals surface area (Å²) in [5.41, 5.74) is 0. The molecular formula is C71H122O12. The first kappa shape index (κ1) is 77.2. The maximum Gasteiger partial charge on any atom is 0.335 e. The van der Waals surface area contributed by atoms with E-state index in [1.807, 2.05) is 0 Å². The Bertz CT molecular complexity index is 1720. The Balaban J connectivity index is 2.66. The van der Waals surface area contributed by atoms with E-state index in [2.05, 4.69) is 93.7 Å². The lowest BCUT2D eigenvalue weighted by Crippen LogP contribution is -2.61. The van der Waals surface area contributed by atoms with Gasteiger partial charge in [-0.2, -0.15) is 0 Å². The van der Waals surface area contributed by atoms with Crippen LogP contribution in [0.4, 0.5) is 0 Å². The van der Waals surface area contributed by atoms with Crippen molar-refractivity contribution in [2.75, 3.05) is 13.2 Å². The molecule has 6 unspecified atom stereocenters. The minimum Gasteiger partial charge on any atom is -0.479 e. The third-order valence-corrected chi connectivity index (χ3v) is 15.2. The number of esters is 3. The SMILES string of the molecule is CCCCC/C=C\C/C=C\C/C=C\CCCCCCCCC(=O)OCC(COC1OC(C(=O)O)C(O)C(O)C1OC(=O)CCCCCCC/C=C\C/C=C\CCCCC)OC(=O)CCCCCCCCCCC/C=C\CCCCCCCC. The van der Waals surface area contributed by atoms with Gasteiger partial charge in [0.1, 0.15) is 18.8 Å². The third kappa shape index (κ3) is 48.0. The fourth-order valence-electron chi connectivity index (χ4n) is 9.99. The topological polar surface area (TPSA) is 175 Å². The average molecular weight is 1170 g/mol. The fraction of sp³-hybridized carbons (Fsp3) is 0.775. The summed E-state index contributed by atoms with van der Waals surface area (Å²) in [5.74, 6) is -3.14. The number of carboxylic acid groups (broad SMARTS) is 1. The first-order valence-electron chi connectivity index (χ1n) is 33.9. The van der Waals surface area contributed by atoms with E-state index >= 15 is 0 Å². The number of aliphatic hydroxyl groups excluding tert-OH is 2. The molecule has 0 aromatic heterocycles. The van der Waals surface area contributed by atoms with Crippen LogP contribution in [0.3, 0.4) is 0 Å². The van der Waals surface area contributed by atoms with Gasteiger partial charge in [0.25, 0.3) is 0 Å². The van der Waals surface area contributed by atoms with Crippen LogP contribution < -0.4 is 0 Å². The van der Waals surface area contributed by atoms with E-state index in [0.29, 0.717) is 19.3 Å². The van der Waals surface area contributed by atoms with Crippen LogP contribution in [0.1, 0.15) is 303 Å². The second kappa shape index (κ2) is 58.5. The minimum atomic E-state index is -1.91. The zero-order valence-corrected chi connectivity index (χ0v) is 52.9. The van der Waals surface area contributed by atoms with E-state index in [-0.39, 0.29) is 25.9 Å². The predicted octanol–water partition coefficient (Wildman–Crippen LogP) is 18.5. The van der Waals surface area contributed by atoms with Gasteiger partial charge >= 0.3 is 23.9 Å². The molecule has 1 aliphatic rings. The lowest BCUT2D eigenvalue weighted by atomic mass is 9.98. The van der Waals surface area contributed by atoms with Crippen LogP contribution >= 0.6 is 0 Å². The number of allylic oxidation sites excluding steroid dienone is 12. The fourth-order valence-corrected chi connectivity index (χ4v) is 9.99. The van der Waals surface area contributed by atoms with Crippen LogP contribution in [0.5, 0.6) is 0 Å². The second-order valence-corrected chi connectivity index (χ2v) is 23.1. The molecule has 0 saturated carbocycles. The average Bonchev–Trinajstić information content (AvgIpc) is 3.58. The Hall–Kier alpha value is -3.84. The van der Waals surface area contributed by atoms with Crippen molar-refractivity contribution < 1.29 is 58.2 Å². The van der Waals surface area contributed by atoms with Crippen molar-refractivity contribution >= 4 is 23.9 Å². The predicted molar refractivity (Wildman–Crippen MR) is 340 cm³/mol. The molecule has 0 spiro atoms. The molecule has 1 heterocycles. The summed E-state index contributed by atoms with van der Waals surface area (Å²) < 4.78 is 28.6. The molecule has 3 N–H and O–H groups in total. The molecule has 83 heavy (non-hydrogen) atoms. The van der Waals surface area contributed by atoms with Crippen LogP contribution in [-0.2, 0) is 42.9 Å². The summed E-state index contributed by atoms with van der Waals surface area (Å²) in [7, 11) is 0. The molecule has 0 aliphatic carbocycles. The highest BCUT2D eigenvalue weighted by Gasteiger charge is 2.50. The zero-order chi connectivity index (χ0) is 60.3. The number of carbonyl (C=O) groups is 4. The Morgan fingerprint density at radius 1 is 0.398 bits per heavy atom. The van der Waals surface area contributed by atoms with Gasteiger partial charge in [-0.15, -0.1) is 0 Å². The Morgan fingerprint density at radius 2 is 0.723 bits per heavy atom. The highest BCUT2D eigenvalue weighted by Crippen LogP contribution is 2.27. The molecular weight excluding hydrogens is 1040 g/mol. The molecule has 12 heteroatoms. The molecule has 1 rings (SSSR count). The quantitative estimate of drug-likeness (QED) is 0.0228. The summed E-state index contributed by atoms with van der Waals surface area (Å²) in [6.07, 6.45) is 62.8. The molecule has 0 aromatic rings. The van der Waals surface area contributed by atoms with Gasteiger partial charge in [-0.25, -0.2) is 4.79 Å². The van der Waals surface area contributed by atoms with Crippen molar-refractivity contribution in [1.82, 2.24) is 0 Å². The van der Waals surface area contributed by atoms with Gasteiger partial charge in [-0.05, 0) is 116 Å². The maximum atomic E-state index is 13.2. The van der Waals surface area contributed by atoms with E-state index in [9.17, 15) is 34.5 Å². The van der Waals surface area contributed by atoms with Crippen molar-refractivity contribution in [2.24, 2.45) is 0 Å². The summed E-state index contributed by atoms with van der Waals surface area (Å²) >= 11 is 0. The van der Waals surface area contributed by atoms with E-state index in [4.69, 9.17) is 23.7 Å². The standard InChI is InChI=1S/C71H122O12/c1-4-7-10-13-16-19-22-25-28-30-32-34-37-39-42-45-48-51-54-57-63(72)79-60-62(81-64(73)58-55-52-49-46-43-41-38-35-33-31-29-26-23-20-17-14-11-8-5-2)61-80-71-69(67(76)66(75)68(83-71)70(77)78)82-65(74)59-56-53-50-47-44-40-36-27-24-21-18-15-12-9-6-3/h16,18-19,21,25-29,32,34,36,62,66-69,71,75-76H,4-15,17,20,22-24,30-31,33,35,37-61H2,1-3H3,(H,77,78)/b19-16-,21-18-,28-25-,29-26-,34-32-,36-27-. The van der Waals surface area contributed by atoms with Gasteiger partial charge < -0.3 is 39.0 Å². The van der Waals surface area contributed by atoms with Crippen LogP contribution in [0.15, 0.2) is 72.9 Å². The van der Waals surface area contributed by atoms with Crippen molar-refractivity contribution in [3.8, 4) is 0 Å². The van der Waals surface area contributed by atoms with E-state index in [1.54, 1.807) is 0 Å². The van der Waals surface area contributed by atoms with E-state index < -0.39 is 67.3 Å². The first-order valence-corrected chi connectivity index (χ1v) is 33.9. The highest BCUT2D eigenvalue weighted by molar-refractivity contribution is 5.74. The smallest absolute Gasteiger partial charge is 0.335 e. The lowest BCUT2D eigenvalue weighted by Gasteiger charge is -2.40. The second-order valence-electron chi connectivity index (χ2n) is 23.1. The molecule has 0 amide bonds. The van der Waals surface area contributed by atoms with Gasteiger partial charge in [-0.1, -0.05) is 241 Å². The van der Waals surface area contributed by atoms with Crippen molar-refractivity contribution in [3.63, 3.8) is 0 Å². The zero-order valence-electron chi connectivity index (χ0n) is 52.9. The van der Waals surface area contributed by atoms with E-state index in [1.165, 1.54) is 122 Å². The number of carboxylic acids is 1. The number of aliphatic carboxylic acids is 1. The number of unbranched alkanes of at least 4 members (excludes halogenated alkanes) is 32. The molecule has 1 saturated heterocycles. The molecule has 0 radical (unpaired) electrons. The number of aliphatic hydroxyl groups is 2. The van der Waals surface area contributed by atoms with Gasteiger partial charge in [0.15, 0.2) is 24.6 Å². The van der Waals surface area contributed by atoms with Gasteiger partial charge in [0, 0.05) is 19.3 Å². The van der Waals surface area contributed by atoms with Gasteiger partial charge in [-0.3, -0.25) is 14.4 Å². The van der Waals surface area contributed by atoms with Crippen LogP contribution in [-0.4, -0.2) is 89.2 Å². The van der Waals surface area contributed by atoms with Crippen LogP contribution in [0.25, 0.3) is 0 Å². The number of carbonyl (C=O) groups excluding carboxylic acids is 3. The largest absolute Gasteiger partial charge is 0.479 e. The molecule has 478 valence electrons. The van der Waals surface area contributed by atoms with Crippen molar-refractivity contribution in [3.05, 3.63) is 72.9 Å². The number of rotatable bonds is 58. The summed E-state index contributed by atoms with van der Waals surface area (Å²) in [4.78, 5) is 51.4. The van der Waals surface area contributed by atoms with Crippen LogP contribution in [0, 0.1) is 0 Å². The molecule has 1 fully saturated rings. The summed E-state index contributed by atoms with van der Waals surface area (Å²) in [6, 6.07) is 0. The maximum absolute atomic E-state index is 13.2. The third-order valence-electron chi connectivity index (χ3n) is 15.2. The number of hydrogen-bond acceptors (Lipinski definition) is 11. The minimum absolute atomic E-state index is 0.0421. The monoisotopic (exact) mass is 1170 g/mol. The van der Waals surface area contributed by atoms with Gasteiger partial charge in [0.05, 0.1) is 6.61 Å². The summed E-state index contributed by atoms with van der Waals surface area (Å²) in [6.45, 7) is 5.96. The normalized spacial score (nSPS) is 18.0. The Morgan fingerprint density at radius 3 is 1.13 bits per heavy atom. The number of hydrogen-bond donors (Lipinski definition) is 3. The molecule has 6 atom stereocenters. The van der Waals surface area contributed by atoms with Crippen LogP contribution in [0.2, 0.25) is 0 Å². The molecule has 12 nitrogen and oxygen atoms in total. The molecule has 0 bridgehead atoms. The van der Waals surface area contributed by atoms with Crippen molar-refractivity contribution in [2.45, 2.75) is 340 Å². The first-order chi connectivity index (χ1) is 40.6. The lowest BCUT2D eigenvalue weighted by molar-refractivity contribution is -0.301. The molecule has 0 aromatic carbocycles. The van der Waals surface area contributed by atoms with E-state index in [0.717, 1.165) is 122 Å². The summed E-state index contributed by atoms with van der Waals surface area (Å²) in [5, 5.41) is 31.6. The number of ether oxygens (including phenoxy) is 5. The Kier molecular flexibility index (Phi) is 54.4.